The normalized spacial score (nSPS) is 10.2. The van der Waals surface area contributed by atoms with Crippen molar-refractivity contribution in [2.45, 2.75) is 19.8 Å². The molecular formula is C20H25N3O2. The second kappa shape index (κ2) is 8.87. The number of rotatable bonds is 7. The maximum atomic E-state index is 12.0. The predicted octanol–water partition coefficient (Wildman–Crippen LogP) is 3.07. The zero-order chi connectivity index (χ0) is 18.2. The lowest BCUT2D eigenvalue weighted by atomic mass is 10.1. The third-order valence-corrected chi connectivity index (χ3v) is 3.84. The summed E-state index contributed by atoms with van der Waals surface area (Å²) >= 11 is 0. The van der Waals surface area contributed by atoms with E-state index in [-0.39, 0.29) is 18.4 Å². The van der Waals surface area contributed by atoms with Gasteiger partial charge in [0, 0.05) is 31.9 Å². The van der Waals surface area contributed by atoms with Crippen LogP contribution in [0.5, 0.6) is 0 Å². The second-order valence-electron chi connectivity index (χ2n) is 6.26. The molecule has 0 aliphatic rings. The van der Waals surface area contributed by atoms with E-state index in [1.807, 2.05) is 55.5 Å². The highest BCUT2D eigenvalue weighted by molar-refractivity contribution is 5.93. The van der Waals surface area contributed by atoms with Gasteiger partial charge in [-0.25, -0.2) is 0 Å². The quantitative estimate of drug-likeness (QED) is 0.815. The van der Waals surface area contributed by atoms with Crippen LogP contribution in [0.1, 0.15) is 17.5 Å². The molecule has 5 nitrogen and oxygen atoms in total. The van der Waals surface area contributed by atoms with Gasteiger partial charge in [0.1, 0.15) is 0 Å². The van der Waals surface area contributed by atoms with Gasteiger partial charge in [0.05, 0.1) is 6.54 Å². The Hall–Kier alpha value is -2.82. The van der Waals surface area contributed by atoms with E-state index in [1.165, 1.54) is 0 Å². The van der Waals surface area contributed by atoms with Crippen LogP contribution in [0.25, 0.3) is 0 Å². The number of carbonyl (C=O) groups excluding carboxylic acids is 2. The van der Waals surface area contributed by atoms with Crippen molar-refractivity contribution in [1.29, 1.82) is 0 Å². The monoisotopic (exact) mass is 339 g/mol. The fourth-order valence-corrected chi connectivity index (χ4v) is 2.37. The average molecular weight is 339 g/mol. The van der Waals surface area contributed by atoms with E-state index in [0.29, 0.717) is 12.8 Å². The number of hydrogen-bond donors (Lipinski definition) is 2. The highest BCUT2D eigenvalue weighted by Crippen LogP contribution is 2.12. The van der Waals surface area contributed by atoms with E-state index in [9.17, 15) is 9.59 Å². The van der Waals surface area contributed by atoms with Crippen LogP contribution in [-0.4, -0.2) is 37.4 Å². The molecule has 2 amide bonds. The van der Waals surface area contributed by atoms with Gasteiger partial charge in [0.2, 0.25) is 11.8 Å². The molecule has 0 aliphatic carbocycles. The molecule has 0 aromatic heterocycles. The standard InChI is InChI=1S/C20H25N3O2/c1-15-5-4-6-18(13-15)22-19(24)14-21-17-10-7-16(8-11-17)9-12-20(25)23(2)3/h4-8,10-11,13,21H,9,12,14H2,1-3H3,(H,22,24). The molecule has 0 heterocycles. The first-order valence-corrected chi connectivity index (χ1v) is 8.33. The molecule has 0 radical (unpaired) electrons. The summed E-state index contributed by atoms with van der Waals surface area (Å²) in [6, 6.07) is 15.5. The molecule has 0 saturated carbocycles. The van der Waals surface area contributed by atoms with Gasteiger partial charge in [-0.15, -0.1) is 0 Å². The highest BCUT2D eigenvalue weighted by atomic mass is 16.2. The number of amides is 2. The molecule has 2 rings (SSSR count). The van der Waals surface area contributed by atoms with Crippen molar-refractivity contribution in [2.24, 2.45) is 0 Å². The molecule has 0 saturated heterocycles. The van der Waals surface area contributed by atoms with Crippen molar-refractivity contribution < 1.29 is 9.59 Å². The zero-order valence-electron chi connectivity index (χ0n) is 15.0. The molecule has 25 heavy (non-hydrogen) atoms. The number of nitrogens with zero attached hydrogens (tertiary/aromatic N) is 1. The van der Waals surface area contributed by atoms with Crippen LogP contribution < -0.4 is 10.6 Å². The minimum absolute atomic E-state index is 0.0914. The van der Waals surface area contributed by atoms with Crippen molar-refractivity contribution in [3.63, 3.8) is 0 Å². The fourth-order valence-electron chi connectivity index (χ4n) is 2.37. The fraction of sp³-hybridized carbons (Fsp3) is 0.300. The topological polar surface area (TPSA) is 61.4 Å². The Balaban J connectivity index is 1.79. The summed E-state index contributed by atoms with van der Waals surface area (Å²) in [5, 5.41) is 5.97. The van der Waals surface area contributed by atoms with Gasteiger partial charge < -0.3 is 15.5 Å². The maximum absolute atomic E-state index is 12.0. The summed E-state index contributed by atoms with van der Waals surface area (Å²) in [5.41, 5.74) is 3.88. The lowest BCUT2D eigenvalue weighted by Gasteiger charge is -2.11. The molecule has 2 aromatic carbocycles. The summed E-state index contributed by atoms with van der Waals surface area (Å²) in [5.74, 6) is 0.0290. The maximum Gasteiger partial charge on any atom is 0.243 e. The van der Waals surface area contributed by atoms with E-state index in [4.69, 9.17) is 0 Å². The van der Waals surface area contributed by atoms with E-state index in [0.717, 1.165) is 22.5 Å². The molecular weight excluding hydrogens is 314 g/mol. The Labute approximate surface area is 149 Å². The molecule has 5 heteroatoms. The Bertz CT molecular complexity index is 724. The predicted molar refractivity (Wildman–Crippen MR) is 102 cm³/mol. The Morgan fingerprint density at radius 3 is 2.36 bits per heavy atom. The van der Waals surface area contributed by atoms with Crippen LogP contribution in [0, 0.1) is 6.92 Å². The van der Waals surface area contributed by atoms with Crippen LogP contribution in [0.2, 0.25) is 0 Å². The van der Waals surface area contributed by atoms with Gasteiger partial charge in [-0.1, -0.05) is 24.3 Å². The Morgan fingerprint density at radius 1 is 1.00 bits per heavy atom. The van der Waals surface area contributed by atoms with Gasteiger partial charge in [-0.3, -0.25) is 9.59 Å². The molecule has 0 spiro atoms. The van der Waals surface area contributed by atoms with E-state index in [1.54, 1.807) is 19.0 Å². The van der Waals surface area contributed by atoms with Crippen molar-refractivity contribution >= 4 is 23.2 Å². The van der Waals surface area contributed by atoms with E-state index < -0.39 is 0 Å². The van der Waals surface area contributed by atoms with Crippen molar-refractivity contribution in [3.05, 3.63) is 59.7 Å². The van der Waals surface area contributed by atoms with Crippen molar-refractivity contribution in [1.82, 2.24) is 4.90 Å². The number of nitrogens with one attached hydrogen (secondary N) is 2. The van der Waals surface area contributed by atoms with E-state index in [2.05, 4.69) is 10.6 Å². The number of carbonyl (C=O) groups is 2. The molecule has 2 aromatic rings. The van der Waals surface area contributed by atoms with Crippen molar-refractivity contribution in [3.8, 4) is 0 Å². The largest absolute Gasteiger partial charge is 0.376 e. The third kappa shape index (κ3) is 6.30. The smallest absolute Gasteiger partial charge is 0.243 e. The zero-order valence-corrected chi connectivity index (χ0v) is 15.0. The molecule has 0 atom stereocenters. The summed E-state index contributed by atoms with van der Waals surface area (Å²) in [6.07, 6.45) is 1.21. The van der Waals surface area contributed by atoms with Gasteiger partial charge >= 0.3 is 0 Å². The minimum Gasteiger partial charge on any atom is -0.376 e. The molecule has 0 bridgehead atoms. The molecule has 2 N–H and O–H groups in total. The van der Waals surface area contributed by atoms with Gasteiger partial charge in [-0.05, 0) is 48.7 Å². The average Bonchev–Trinajstić information content (AvgIpc) is 2.58. The minimum atomic E-state index is -0.0914. The summed E-state index contributed by atoms with van der Waals surface area (Å²) in [7, 11) is 3.52. The molecule has 0 aliphatic heterocycles. The lowest BCUT2D eigenvalue weighted by Crippen LogP contribution is -2.22. The van der Waals surface area contributed by atoms with Crippen LogP contribution in [-0.2, 0) is 16.0 Å². The SMILES string of the molecule is Cc1cccc(NC(=O)CNc2ccc(CCC(=O)N(C)C)cc2)c1. The van der Waals surface area contributed by atoms with Crippen LogP contribution in [0.3, 0.4) is 0 Å². The number of anilines is 2. The van der Waals surface area contributed by atoms with Gasteiger partial charge in [0.15, 0.2) is 0 Å². The van der Waals surface area contributed by atoms with E-state index >= 15 is 0 Å². The van der Waals surface area contributed by atoms with Crippen LogP contribution in [0.15, 0.2) is 48.5 Å². The first-order valence-electron chi connectivity index (χ1n) is 8.33. The lowest BCUT2D eigenvalue weighted by molar-refractivity contribution is -0.128. The van der Waals surface area contributed by atoms with Crippen molar-refractivity contribution in [2.75, 3.05) is 31.3 Å². The second-order valence-corrected chi connectivity index (χ2v) is 6.26. The number of aryl methyl sites for hydroxylation is 2. The summed E-state index contributed by atoms with van der Waals surface area (Å²) in [4.78, 5) is 25.2. The van der Waals surface area contributed by atoms with Gasteiger partial charge in [-0.2, -0.15) is 0 Å². The number of benzene rings is 2. The Morgan fingerprint density at radius 2 is 1.72 bits per heavy atom. The van der Waals surface area contributed by atoms with Crippen LogP contribution in [0.4, 0.5) is 11.4 Å². The number of hydrogen-bond acceptors (Lipinski definition) is 3. The summed E-state index contributed by atoms with van der Waals surface area (Å²) < 4.78 is 0. The van der Waals surface area contributed by atoms with Crippen LogP contribution >= 0.6 is 0 Å². The third-order valence-electron chi connectivity index (χ3n) is 3.84. The highest BCUT2D eigenvalue weighted by Gasteiger charge is 2.05. The first kappa shape index (κ1) is 18.5. The van der Waals surface area contributed by atoms with Gasteiger partial charge in [0.25, 0.3) is 0 Å². The first-order chi connectivity index (χ1) is 11.9. The Kier molecular flexibility index (Phi) is 6.57. The molecule has 0 unspecified atom stereocenters. The molecule has 0 fully saturated rings. The summed E-state index contributed by atoms with van der Waals surface area (Å²) in [6.45, 7) is 2.19. The molecule has 132 valence electrons.